The third-order valence-electron chi connectivity index (χ3n) is 4.67. The second-order valence-electron chi connectivity index (χ2n) is 7.18. The number of oxazole rings is 1. The van der Waals surface area contributed by atoms with Crippen molar-refractivity contribution >= 4 is 23.5 Å². The number of aryl methyl sites for hydroxylation is 3. The lowest BCUT2D eigenvalue weighted by Gasteiger charge is -2.07. The Kier molecular flexibility index (Phi) is 8.24. The highest BCUT2D eigenvalue weighted by atomic mass is 35.5. The molecule has 0 saturated carbocycles. The number of nitrogens with zero attached hydrogens (tertiary/aromatic N) is 1. The van der Waals surface area contributed by atoms with E-state index < -0.39 is 0 Å². The van der Waals surface area contributed by atoms with E-state index in [1.165, 1.54) is 5.56 Å². The summed E-state index contributed by atoms with van der Waals surface area (Å²) in [6.07, 6.45) is 3.20. The average Bonchev–Trinajstić information content (AvgIpc) is 3.24. The lowest BCUT2D eigenvalue weighted by Crippen LogP contribution is -2.28. The molecule has 1 aromatic heterocycles. The molecule has 0 unspecified atom stereocenters. The monoisotopic (exact) mass is 440 g/mol. The van der Waals surface area contributed by atoms with Crippen LogP contribution in [0.25, 0.3) is 11.3 Å². The van der Waals surface area contributed by atoms with Gasteiger partial charge in [-0.05, 0) is 43.2 Å². The van der Waals surface area contributed by atoms with Crippen LogP contribution < -0.4 is 5.32 Å². The maximum absolute atomic E-state index is 11.9. The van der Waals surface area contributed by atoms with Crippen molar-refractivity contribution in [2.45, 2.75) is 32.6 Å². The number of hydrogen-bond donors (Lipinski definition) is 1. The summed E-state index contributed by atoms with van der Waals surface area (Å²) in [6.45, 7) is 2.45. The largest absolute Gasteiger partial charge is 0.464 e. The van der Waals surface area contributed by atoms with Gasteiger partial charge in [-0.15, -0.1) is 0 Å². The molecule has 2 aromatic carbocycles. The van der Waals surface area contributed by atoms with Crippen LogP contribution in [0.15, 0.2) is 59.1 Å². The standard InChI is InChI=1S/C24H25ClN2O4/c1-17-2-4-18(5-3-17)6-11-22(28)26-14-15-30-24(29)13-12-23-27-16-21(31-23)19-7-9-20(25)10-8-19/h2-5,7-10,16H,6,11-15H2,1H3,(H,26,28). The lowest BCUT2D eigenvalue weighted by atomic mass is 10.1. The van der Waals surface area contributed by atoms with Crippen LogP contribution in [0.4, 0.5) is 0 Å². The Balaban J connectivity index is 1.29. The Labute approximate surface area is 186 Å². The molecule has 0 saturated heterocycles. The fraction of sp³-hybridized carbons (Fsp3) is 0.292. The van der Waals surface area contributed by atoms with Crippen molar-refractivity contribution in [1.29, 1.82) is 0 Å². The molecule has 1 amide bonds. The molecule has 0 aliphatic heterocycles. The van der Waals surface area contributed by atoms with Crippen molar-refractivity contribution in [2.75, 3.05) is 13.2 Å². The first kappa shape index (κ1) is 22.6. The van der Waals surface area contributed by atoms with Gasteiger partial charge in [-0.1, -0.05) is 41.4 Å². The molecule has 0 aliphatic rings. The first-order valence-electron chi connectivity index (χ1n) is 10.2. The van der Waals surface area contributed by atoms with Gasteiger partial charge in [-0.3, -0.25) is 9.59 Å². The van der Waals surface area contributed by atoms with Gasteiger partial charge in [0.25, 0.3) is 0 Å². The maximum Gasteiger partial charge on any atom is 0.306 e. The quantitative estimate of drug-likeness (QED) is 0.370. The summed E-state index contributed by atoms with van der Waals surface area (Å²) in [6, 6.07) is 15.3. The number of hydrogen-bond acceptors (Lipinski definition) is 5. The normalized spacial score (nSPS) is 10.6. The van der Waals surface area contributed by atoms with Gasteiger partial charge in [0.2, 0.25) is 5.91 Å². The third-order valence-corrected chi connectivity index (χ3v) is 4.93. The Bertz CT molecular complexity index is 997. The molecule has 3 aromatic rings. The fourth-order valence-corrected chi connectivity index (χ4v) is 3.04. The van der Waals surface area contributed by atoms with Gasteiger partial charge in [-0.25, -0.2) is 4.98 Å². The summed E-state index contributed by atoms with van der Waals surface area (Å²) in [5, 5.41) is 3.41. The summed E-state index contributed by atoms with van der Waals surface area (Å²) >= 11 is 5.88. The van der Waals surface area contributed by atoms with E-state index in [0.717, 1.165) is 11.1 Å². The number of ether oxygens (including phenoxy) is 1. The van der Waals surface area contributed by atoms with E-state index in [4.69, 9.17) is 20.8 Å². The number of esters is 1. The van der Waals surface area contributed by atoms with Crippen LogP contribution in [-0.4, -0.2) is 30.0 Å². The number of benzene rings is 2. The molecule has 1 N–H and O–H groups in total. The van der Waals surface area contributed by atoms with E-state index in [2.05, 4.69) is 10.3 Å². The van der Waals surface area contributed by atoms with Crippen LogP contribution in [0.2, 0.25) is 5.02 Å². The second kappa shape index (κ2) is 11.3. The molecular formula is C24H25ClN2O4. The van der Waals surface area contributed by atoms with Crippen LogP contribution in [0.5, 0.6) is 0 Å². The number of halogens is 1. The van der Waals surface area contributed by atoms with Crippen molar-refractivity contribution in [1.82, 2.24) is 10.3 Å². The van der Waals surface area contributed by atoms with Gasteiger partial charge in [0.15, 0.2) is 11.7 Å². The van der Waals surface area contributed by atoms with Gasteiger partial charge in [0.1, 0.15) is 6.61 Å². The molecule has 0 atom stereocenters. The molecule has 7 heteroatoms. The number of amides is 1. The van der Waals surface area contributed by atoms with E-state index >= 15 is 0 Å². The smallest absolute Gasteiger partial charge is 0.306 e. The van der Waals surface area contributed by atoms with E-state index in [9.17, 15) is 9.59 Å². The summed E-state index contributed by atoms with van der Waals surface area (Å²) in [5.41, 5.74) is 3.18. The minimum Gasteiger partial charge on any atom is -0.464 e. The topological polar surface area (TPSA) is 81.4 Å². The van der Waals surface area contributed by atoms with Gasteiger partial charge < -0.3 is 14.5 Å². The molecule has 0 aliphatic carbocycles. The SMILES string of the molecule is Cc1ccc(CCC(=O)NCCOC(=O)CCc2ncc(-c3ccc(Cl)cc3)o2)cc1. The van der Waals surface area contributed by atoms with Crippen molar-refractivity contribution in [3.63, 3.8) is 0 Å². The van der Waals surface area contributed by atoms with Gasteiger partial charge in [-0.2, -0.15) is 0 Å². The second-order valence-corrected chi connectivity index (χ2v) is 7.62. The molecule has 0 radical (unpaired) electrons. The highest BCUT2D eigenvalue weighted by Crippen LogP contribution is 2.22. The van der Waals surface area contributed by atoms with Crippen LogP contribution in [0.1, 0.15) is 29.9 Å². The number of rotatable bonds is 10. The van der Waals surface area contributed by atoms with E-state index in [0.29, 0.717) is 35.9 Å². The van der Waals surface area contributed by atoms with E-state index in [1.54, 1.807) is 18.3 Å². The molecule has 0 spiro atoms. The number of carbonyl (C=O) groups is 2. The molecule has 31 heavy (non-hydrogen) atoms. The molecule has 162 valence electrons. The van der Waals surface area contributed by atoms with Crippen LogP contribution in [0, 0.1) is 6.92 Å². The summed E-state index contributed by atoms with van der Waals surface area (Å²) in [5.74, 6) is 0.658. The summed E-state index contributed by atoms with van der Waals surface area (Å²) in [4.78, 5) is 28.0. The Hall–Kier alpha value is -3.12. The zero-order valence-corrected chi connectivity index (χ0v) is 18.2. The Morgan fingerprint density at radius 1 is 1.03 bits per heavy atom. The van der Waals surface area contributed by atoms with Crippen LogP contribution >= 0.6 is 11.6 Å². The molecule has 0 fully saturated rings. The van der Waals surface area contributed by atoms with Crippen molar-refractivity contribution in [3.8, 4) is 11.3 Å². The summed E-state index contributed by atoms with van der Waals surface area (Å²) < 4.78 is 10.8. The Morgan fingerprint density at radius 3 is 2.52 bits per heavy atom. The van der Waals surface area contributed by atoms with Crippen molar-refractivity contribution in [3.05, 3.63) is 76.8 Å². The van der Waals surface area contributed by atoms with Crippen LogP contribution in [0.3, 0.4) is 0 Å². The van der Waals surface area contributed by atoms with Crippen LogP contribution in [-0.2, 0) is 27.2 Å². The third kappa shape index (κ3) is 7.57. The minimum atomic E-state index is -0.361. The molecule has 6 nitrogen and oxygen atoms in total. The molecule has 1 heterocycles. The Morgan fingerprint density at radius 2 is 1.77 bits per heavy atom. The van der Waals surface area contributed by atoms with E-state index in [-0.39, 0.29) is 31.4 Å². The zero-order valence-electron chi connectivity index (χ0n) is 17.4. The predicted octanol–water partition coefficient (Wildman–Crippen LogP) is 4.53. The molecular weight excluding hydrogens is 416 g/mol. The minimum absolute atomic E-state index is 0.0638. The first-order valence-corrected chi connectivity index (χ1v) is 10.6. The molecule has 3 rings (SSSR count). The van der Waals surface area contributed by atoms with Gasteiger partial charge in [0.05, 0.1) is 19.2 Å². The lowest BCUT2D eigenvalue weighted by molar-refractivity contribution is -0.144. The highest BCUT2D eigenvalue weighted by Gasteiger charge is 2.10. The number of carbonyl (C=O) groups excluding carboxylic acids is 2. The van der Waals surface area contributed by atoms with Crippen molar-refractivity contribution < 1.29 is 18.7 Å². The highest BCUT2D eigenvalue weighted by molar-refractivity contribution is 6.30. The molecule has 0 bridgehead atoms. The number of aromatic nitrogens is 1. The van der Waals surface area contributed by atoms with E-state index in [1.807, 2.05) is 43.3 Å². The summed E-state index contributed by atoms with van der Waals surface area (Å²) in [7, 11) is 0. The average molecular weight is 441 g/mol. The fourth-order valence-electron chi connectivity index (χ4n) is 2.91. The van der Waals surface area contributed by atoms with Gasteiger partial charge in [0, 0.05) is 23.4 Å². The number of nitrogens with one attached hydrogen (secondary N) is 1. The first-order chi connectivity index (χ1) is 15.0. The zero-order chi connectivity index (χ0) is 22.1. The maximum atomic E-state index is 11.9. The predicted molar refractivity (Wildman–Crippen MR) is 119 cm³/mol. The van der Waals surface area contributed by atoms with Crippen molar-refractivity contribution in [2.24, 2.45) is 0 Å². The van der Waals surface area contributed by atoms with Gasteiger partial charge >= 0.3 is 5.97 Å².